The van der Waals surface area contributed by atoms with E-state index in [2.05, 4.69) is 10.6 Å². The Balaban J connectivity index is 1.57. The van der Waals surface area contributed by atoms with E-state index >= 15 is 0 Å². The molecule has 0 unspecified atom stereocenters. The van der Waals surface area contributed by atoms with E-state index in [0.29, 0.717) is 43.4 Å². The Morgan fingerprint density at radius 3 is 2.30 bits per heavy atom. The largest absolute Gasteiger partial charge is 0.339 e. The van der Waals surface area contributed by atoms with E-state index in [4.69, 9.17) is 0 Å². The van der Waals surface area contributed by atoms with E-state index < -0.39 is 17.5 Å². The van der Waals surface area contributed by atoms with Gasteiger partial charge in [0, 0.05) is 43.4 Å². The second kappa shape index (κ2) is 9.02. The van der Waals surface area contributed by atoms with Crippen LogP contribution in [0.15, 0.2) is 36.4 Å². The number of amides is 3. The van der Waals surface area contributed by atoms with E-state index in [1.807, 2.05) is 6.92 Å². The number of nitrogens with zero attached hydrogens (tertiary/aromatic N) is 1. The standard InChI is InChI=1S/C22H23F2N3O3/c1-13-11-17(4-6-20(13)25-14(2)28)26-21(29)15-7-9-27(10-8-15)22(30)18-5-3-16(23)12-19(18)24/h3-6,11-12,15H,7-10H2,1-2H3,(H,25,28)(H,26,29). The van der Waals surface area contributed by atoms with Crippen LogP contribution < -0.4 is 10.6 Å². The Morgan fingerprint density at radius 2 is 1.70 bits per heavy atom. The summed E-state index contributed by atoms with van der Waals surface area (Å²) in [5.41, 5.74) is 1.96. The van der Waals surface area contributed by atoms with Crippen molar-refractivity contribution in [1.29, 1.82) is 0 Å². The zero-order valence-electron chi connectivity index (χ0n) is 16.8. The molecule has 2 aromatic rings. The molecule has 1 aliphatic heterocycles. The number of halogens is 2. The summed E-state index contributed by atoms with van der Waals surface area (Å²) < 4.78 is 26.9. The fraction of sp³-hybridized carbons (Fsp3) is 0.318. The number of likely N-dealkylation sites (tertiary alicyclic amines) is 1. The highest BCUT2D eigenvalue weighted by Gasteiger charge is 2.29. The molecule has 1 heterocycles. The summed E-state index contributed by atoms with van der Waals surface area (Å²) >= 11 is 0. The highest BCUT2D eigenvalue weighted by molar-refractivity contribution is 5.96. The third-order valence-corrected chi connectivity index (χ3v) is 5.12. The highest BCUT2D eigenvalue weighted by atomic mass is 19.1. The normalized spacial score (nSPS) is 14.3. The smallest absolute Gasteiger partial charge is 0.256 e. The topological polar surface area (TPSA) is 78.5 Å². The first-order chi connectivity index (χ1) is 14.2. The van der Waals surface area contributed by atoms with Gasteiger partial charge in [0.2, 0.25) is 11.8 Å². The van der Waals surface area contributed by atoms with Crippen LogP contribution in [0.25, 0.3) is 0 Å². The molecule has 1 fully saturated rings. The van der Waals surface area contributed by atoms with Crippen LogP contribution >= 0.6 is 0 Å². The number of piperidine rings is 1. The van der Waals surface area contributed by atoms with Gasteiger partial charge in [-0.1, -0.05) is 0 Å². The van der Waals surface area contributed by atoms with Gasteiger partial charge in [-0.25, -0.2) is 8.78 Å². The van der Waals surface area contributed by atoms with Crippen LogP contribution in [0.1, 0.15) is 35.7 Å². The Bertz CT molecular complexity index is 986. The van der Waals surface area contributed by atoms with Crippen molar-refractivity contribution < 1.29 is 23.2 Å². The molecule has 30 heavy (non-hydrogen) atoms. The second-order valence-corrected chi connectivity index (χ2v) is 7.39. The molecule has 1 saturated heterocycles. The monoisotopic (exact) mass is 415 g/mol. The molecule has 3 rings (SSSR count). The molecule has 2 aromatic carbocycles. The number of benzene rings is 2. The Hall–Kier alpha value is -3.29. The van der Waals surface area contributed by atoms with Gasteiger partial charge in [0.05, 0.1) is 5.56 Å². The fourth-order valence-corrected chi connectivity index (χ4v) is 3.49. The van der Waals surface area contributed by atoms with Crippen LogP contribution in [0.3, 0.4) is 0 Å². The average molecular weight is 415 g/mol. The van der Waals surface area contributed by atoms with Gasteiger partial charge in [0.15, 0.2) is 0 Å². The van der Waals surface area contributed by atoms with Crippen LogP contribution in [-0.4, -0.2) is 35.7 Å². The average Bonchev–Trinajstić information content (AvgIpc) is 2.69. The molecule has 2 N–H and O–H groups in total. The third kappa shape index (κ3) is 5.00. The molecule has 0 aromatic heterocycles. The van der Waals surface area contributed by atoms with Gasteiger partial charge >= 0.3 is 0 Å². The summed E-state index contributed by atoms with van der Waals surface area (Å²) in [5.74, 6) is -2.73. The summed E-state index contributed by atoms with van der Waals surface area (Å²) in [7, 11) is 0. The molecule has 8 heteroatoms. The van der Waals surface area contributed by atoms with E-state index in [-0.39, 0.29) is 23.3 Å². The SMILES string of the molecule is CC(=O)Nc1ccc(NC(=O)C2CCN(C(=O)c3ccc(F)cc3F)CC2)cc1C. The minimum atomic E-state index is -0.891. The van der Waals surface area contributed by atoms with Gasteiger partial charge in [-0.05, 0) is 55.7 Å². The molecular weight excluding hydrogens is 392 g/mol. The summed E-state index contributed by atoms with van der Waals surface area (Å²) in [6.07, 6.45) is 0.896. The van der Waals surface area contributed by atoms with Crippen molar-refractivity contribution in [3.8, 4) is 0 Å². The highest BCUT2D eigenvalue weighted by Crippen LogP contribution is 2.24. The molecule has 6 nitrogen and oxygen atoms in total. The van der Waals surface area contributed by atoms with Crippen LogP contribution in [0.4, 0.5) is 20.2 Å². The number of carbonyl (C=O) groups is 3. The van der Waals surface area contributed by atoms with E-state index in [1.54, 1.807) is 18.2 Å². The third-order valence-electron chi connectivity index (χ3n) is 5.12. The van der Waals surface area contributed by atoms with Crippen LogP contribution in [0, 0.1) is 24.5 Å². The fourth-order valence-electron chi connectivity index (χ4n) is 3.49. The van der Waals surface area contributed by atoms with Crippen LogP contribution in [0.5, 0.6) is 0 Å². The van der Waals surface area contributed by atoms with Gasteiger partial charge in [0.1, 0.15) is 11.6 Å². The first kappa shape index (κ1) is 21.4. The number of rotatable bonds is 4. The van der Waals surface area contributed by atoms with Gasteiger partial charge in [-0.15, -0.1) is 0 Å². The van der Waals surface area contributed by atoms with E-state index in [1.165, 1.54) is 11.8 Å². The summed E-state index contributed by atoms with van der Waals surface area (Å²) in [4.78, 5) is 37.7. The molecule has 0 aliphatic carbocycles. The Morgan fingerprint density at radius 1 is 1.00 bits per heavy atom. The molecule has 0 radical (unpaired) electrons. The molecule has 0 atom stereocenters. The maximum absolute atomic E-state index is 13.9. The van der Waals surface area contributed by atoms with Crippen molar-refractivity contribution in [2.24, 2.45) is 5.92 Å². The van der Waals surface area contributed by atoms with Gasteiger partial charge < -0.3 is 15.5 Å². The lowest BCUT2D eigenvalue weighted by Gasteiger charge is -2.31. The maximum atomic E-state index is 13.9. The number of hydrogen-bond donors (Lipinski definition) is 2. The lowest BCUT2D eigenvalue weighted by molar-refractivity contribution is -0.121. The zero-order chi connectivity index (χ0) is 21.8. The van der Waals surface area contributed by atoms with Gasteiger partial charge in [0.25, 0.3) is 5.91 Å². The predicted molar refractivity (Wildman–Crippen MR) is 109 cm³/mol. The first-order valence-corrected chi connectivity index (χ1v) is 9.68. The summed E-state index contributed by atoms with van der Waals surface area (Å²) in [6, 6.07) is 8.09. The minimum Gasteiger partial charge on any atom is -0.339 e. The molecule has 0 saturated carbocycles. The van der Waals surface area contributed by atoms with Crippen LogP contribution in [-0.2, 0) is 9.59 Å². The Kier molecular flexibility index (Phi) is 6.44. The maximum Gasteiger partial charge on any atom is 0.256 e. The van der Waals surface area contributed by atoms with Crippen molar-refractivity contribution in [1.82, 2.24) is 4.90 Å². The number of aryl methyl sites for hydroxylation is 1. The van der Waals surface area contributed by atoms with Crippen molar-refractivity contribution in [3.05, 3.63) is 59.2 Å². The lowest BCUT2D eigenvalue weighted by atomic mass is 9.95. The minimum absolute atomic E-state index is 0.151. The number of hydrogen-bond acceptors (Lipinski definition) is 3. The van der Waals surface area contributed by atoms with Crippen molar-refractivity contribution in [2.75, 3.05) is 23.7 Å². The van der Waals surface area contributed by atoms with E-state index in [0.717, 1.165) is 17.7 Å². The Labute approximate surface area is 173 Å². The summed E-state index contributed by atoms with van der Waals surface area (Å²) in [5, 5.41) is 5.58. The number of anilines is 2. The summed E-state index contributed by atoms with van der Waals surface area (Å²) in [6.45, 7) is 3.89. The predicted octanol–water partition coefficient (Wildman–Crippen LogP) is 3.72. The van der Waals surface area contributed by atoms with Gasteiger partial charge in [-0.3, -0.25) is 14.4 Å². The molecule has 1 aliphatic rings. The molecule has 3 amide bonds. The number of nitrogens with one attached hydrogen (secondary N) is 2. The quantitative estimate of drug-likeness (QED) is 0.799. The van der Waals surface area contributed by atoms with Crippen molar-refractivity contribution >= 4 is 29.1 Å². The lowest BCUT2D eigenvalue weighted by Crippen LogP contribution is -2.41. The molecule has 0 bridgehead atoms. The molecular formula is C22H23F2N3O3. The molecule has 0 spiro atoms. The molecule has 158 valence electrons. The van der Waals surface area contributed by atoms with E-state index in [9.17, 15) is 23.2 Å². The number of carbonyl (C=O) groups excluding carboxylic acids is 3. The van der Waals surface area contributed by atoms with Crippen molar-refractivity contribution in [3.63, 3.8) is 0 Å². The zero-order valence-corrected chi connectivity index (χ0v) is 16.8. The second-order valence-electron chi connectivity index (χ2n) is 7.39. The van der Waals surface area contributed by atoms with Crippen molar-refractivity contribution in [2.45, 2.75) is 26.7 Å². The van der Waals surface area contributed by atoms with Crippen LogP contribution in [0.2, 0.25) is 0 Å². The first-order valence-electron chi connectivity index (χ1n) is 9.68. The van der Waals surface area contributed by atoms with Gasteiger partial charge in [-0.2, -0.15) is 0 Å².